The quantitative estimate of drug-likeness (QED) is 0.436. The molecule has 1 aromatic rings. The number of benzene rings is 1. The van der Waals surface area contributed by atoms with Crippen LogP contribution in [0.4, 0.5) is 13.2 Å². The lowest BCUT2D eigenvalue weighted by molar-refractivity contribution is 0.111. The normalized spacial score (nSPS) is 10.2. The second kappa shape index (κ2) is 3.67. The van der Waals surface area contributed by atoms with Crippen LogP contribution in [-0.2, 0) is 0 Å². The third-order valence-corrected chi connectivity index (χ3v) is 2.47. The van der Waals surface area contributed by atoms with Crippen molar-refractivity contribution < 1.29 is 18.0 Å². The molecular formula is C7HBrClF3O. The molecule has 0 heterocycles. The first-order valence-electron chi connectivity index (χ1n) is 2.97. The maximum atomic E-state index is 12.9. The van der Waals surface area contributed by atoms with E-state index in [1.54, 1.807) is 0 Å². The number of carbonyl (C=O) groups is 1. The van der Waals surface area contributed by atoms with Crippen molar-refractivity contribution in [1.29, 1.82) is 0 Å². The van der Waals surface area contributed by atoms with Gasteiger partial charge in [0.15, 0.2) is 23.7 Å². The monoisotopic (exact) mass is 272 g/mol. The van der Waals surface area contributed by atoms with Gasteiger partial charge in [-0.3, -0.25) is 4.79 Å². The summed E-state index contributed by atoms with van der Waals surface area (Å²) in [4.78, 5) is 10.2. The fourth-order valence-corrected chi connectivity index (χ4v) is 1.48. The van der Waals surface area contributed by atoms with Gasteiger partial charge in [-0.25, -0.2) is 13.2 Å². The van der Waals surface area contributed by atoms with Crippen LogP contribution in [0, 0.1) is 17.5 Å². The summed E-state index contributed by atoms with van der Waals surface area (Å²) in [6.45, 7) is 0. The molecule has 0 spiro atoms. The van der Waals surface area contributed by atoms with Gasteiger partial charge in [0, 0.05) is 0 Å². The van der Waals surface area contributed by atoms with E-state index in [1.807, 2.05) is 0 Å². The Morgan fingerprint density at radius 2 is 1.69 bits per heavy atom. The van der Waals surface area contributed by atoms with Gasteiger partial charge < -0.3 is 0 Å². The Labute approximate surface area is 84.6 Å². The van der Waals surface area contributed by atoms with Gasteiger partial charge in [0.1, 0.15) is 5.02 Å². The highest BCUT2D eigenvalue weighted by Crippen LogP contribution is 2.31. The first kappa shape index (κ1) is 10.5. The van der Waals surface area contributed by atoms with Crippen LogP contribution >= 0.6 is 27.5 Å². The third-order valence-electron chi connectivity index (χ3n) is 1.36. The second-order valence-electron chi connectivity index (χ2n) is 2.10. The summed E-state index contributed by atoms with van der Waals surface area (Å²) >= 11 is 7.66. The molecule has 0 N–H and O–H groups in total. The fourth-order valence-electron chi connectivity index (χ4n) is 0.725. The Bertz CT molecular complexity index is 351. The second-order valence-corrected chi connectivity index (χ2v) is 3.27. The zero-order valence-electron chi connectivity index (χ0n) is 5.88. The van der Waals surface area contributed by atoms with Crippen molar-refractivity contribution in [1.82, 2.24) is 0 Å². The van der Waals surface area contributed by atoms with E-state index in [0.717, 1.165) is 0 Å². The number of rotatable bonds is 1. The van der Waals surface area contributed by atoms with E-state index >= 15 is 0 Å². The molecule has 0 atom stereocenters. The minimum absolute atomic E-state index is 0.00189. The molecular weight excluding hydrogens is 272 g/mol. The number of hydrogen-bond acceptors (Lipinski definition) is 1. The molecule has 0 fully saturated rings. The summed E-state index contributed by atoms with van der Waals surface area (Å²) in [5, 5.41) is -0.977. The van der Waals surface area contributed by atoms with E-state index < -0.39 is 32.5 Å². The van der Waals surface area contributed by atoms with Crippen molar-refractivity contribution in [2.75, 3.05) is 0 Å². The predicted octanol–water partition coefficient (Wildman–Crippen LogP) is 3.33. The van der Waals surface area contributed by atoms with Crippen LogP contribution in [0.5, 0.6) is 0 Å². The van der Waals surface area contributed by atoms with E-state index in [4.69, 9.17) is 11.6 Å². The molecule has 1 aromatic carbocycles. The maximum Gasteiger partial charge on any atom is 0.181 e. The first-order valence-corrected chi connectivity index (χ1v) is 4.14. The summed E-state index contributed by atoms with van der Waals surface area (Å²) in [6.07, 6.45) is 0.00189. The minimum Gasteiger partial charge on any atom is -0.298 e. The molecule has 1 rings (SSSR count). The molecule has 0 aliphatic carbocycles. The number of carbonyl (C=O) groups excluding carboxylic acids is 1. The smallest absolute Gasteiger partial charge is 0.181 e. The third kappa shape index (κ3) is 1.58. The van der Waals surface area contributed by atoms with Crippen molar-refractivity contribution >= 4 is 33.8 Å². The average Bonchev–Trinajstić information content (AvgIpc) is 2.13. The van der Waals surface area contributed by atoms with Gasteiger partial charge in [-0.1, -0.05) is 11.6 Å². The summed E-state index contributed by atoms with van der Waals surface area (Å²) in [6, 6.07) is 0. The van der Waals surface area contributed by atoms with E-state index in [-0.39, 0.29) is 6.29 Å². The highest BCUT2D eigenvalue weighted by atomic mass is 79.9. The fraction of sp³-hybridized carbons (Fsp3) is 0. The zero-order chi connectivity index (χ0) is 10.2. The number of aldehydes is 1. The Balaban J connectivity index is 3.66. The van der Waals surface area contributed by atoms with Crippen molar-refractivity contribution in [2.24, 2.45) is 0 Å². The summed E-state index contributed by atoms with van der Waals surface area (Å²) in [7, 11) is 0. The highest BCUT2D eigenvalue weighted by molar-refractivity contribution is 9.10. The van der Waals surface area contributed by atoms with Crippen LogP contribution in [0.15, 0.2) is 4.47 Å². The van der Waals surface area contributed by atoms with Gasteiger partial charge in [-0.05, 0) is 15.9 Å². The van der Waals surface area contributed by atoms with Crippen molar-refractivity contribution in [3.8, 4) is 0 Å². The Morgan fingerprint density at radius 1 is 1.15 bits per heavy atom. The van der Waals surface area contributed by atoms with E-state index in [0.29, 0.717) is 0 Å². The molecule has 0 radical (unpaired) electrons. The molecule has 13 heavy (non-hydrogen) atoms. The van der Waals surface area contributed by atoms with Gasteiger partial charge >= 0.3 is 0 Å². The largest absolute Gasteiger partial charge is 0.298 e. The topological polar surface area (TPSA) is 17.1 Å². The molecule has 1 nitrogen and oxygen atoms in total. The van der Waals surface area contributed by atoms with E-state index in [2.05, 4.69) is 15.9 Å². The molecule has 0 aliphatic heterocycles. The van der Waals surface area contributed by atoms with Crippen LogP contribution in [0.3, 0.4) is 0 Å². The van der Waals surface area contributed by atoms with Crippen molar-refractivity contribution in [3.05, 3.63) is 32.5 Å². The maximum absolute atomic E-state index is 12.9. The Hall–Kier alpha value is -0.550. The van der Waals surface area contributed by atoms with Crippen LogP contribution < -0.4 is 0 Å². The molecule has 0 aromatic heterocycles. The van der Waals surface area contributed by atoms with Crippen LogP contribution in [0.1, 0.15) is 10.4 Å². The van der Waals surface area contributed by atoms with Gasteiger partial charge in [0.05, 0.1) is 10.0 Å². The predicted molar refractivity (Wildman–Crippen MR) is 44.4 cm³/mol. The van der Waals surface area contributed by atoms with Gasteiger partial charge in [0.2, 0.25) is 0 Å². The van der Waals surface area contributed by atoms with Gasteiger partial charge in [0.25, 0.3) is 0 Å². The SMILES string of the molecule is O=Cc1c(F)c(F)c(Cl)c(F)c1Br. The molecule has 0 unspecified atom stereocenters. The lowest BCUT2D eigenvalue weighted by Gasteiger charge is -2.03. The molecule has 0 aliphatic rings. The van der Waals surface area contributed by atoms with Gasteiger partial charge in [-0.15, -0.1) is 0 Å². The molecule has 6 heteroatoms. The summed E-state index contributed by atoms with van der Waals surface area (Å²) in [5.41, 5.74) is -0.723. The summed E-state index contributed by atoms with van der Waals surface area (Å²) in [5.74, 6) is -4.22. The minimum atomic E-state index is -1.57. The molecule has 0 amide bonds. The molecule has 0 saturated heterocycles. The zero-order valence-corrected chi connectivity index (χ0v) is 8.22. The molecule has 0 bridgehead atoms. The average molecular weight is 273 g/mol. The van der Waals surface area contributed by atoms with E-state index in [1.165, 1.54) is 0 Å². The van der Waals surface area contributed by atoms with Gasteiger partial charge in [-0.2, -0.15) is 0 Å². The van der Waals surface area contributed by atoms with Crippen LogP contribution in [-0.4, -0.2) is 6.29 Å². The molecule has 0 saturated carbocycles. The highest BCUT2D eigenvalue weighted by Gasteiger charge is 2.21. The Kier molecular flexibility index (Phi) is 2.98. The Morgan fingerprint density at radius 3 is 2.15 bits per heavy atom. The summed E-state index contributed by atoms with van der Waals surface area (Å²) < 4.78 is 37.9. The molecule has 70 valence electrons. The first-order chi connectivity index (χ1) is 6.00. The van der Waals surface area contributed by atoms with Crippen LogP contribution in [0.2, 0.25) is 5.02 Å². The number of hydrogen-bond donors (Lipinski definition) is 0. The van der Waals surface area contributed by atoms with E-state index in [9.17, 15) is 18.0 Å². The van der Waals surface area contributed by atoms with Crippen molar-refractivity contribution in [2.45, 2.75) is 0 Å². The number of halogens is 5. The standard InChI is InChI=1S/C7HBrClF3O/c8-3-2(1-13)5(10)7(12)4(9)6(3)11/h1H. The van der Waals surface area contributed by atoms with Crippen LogP contribution in [0.25, 0.3) is 0 Å². The lowest BCUT2D eigenvalue weighted by atomic mass is 10.2. The van der Waals surface area contributed by atoms with Crippen molar-refractivity contribution in [3.63, 3.8) is 0 Å². The lowest BCUT2D eigenvalue weighted by Crippen LogP contribution is -1.99.